The molecular formula is C42H76N8O4S. The second-order valence-corrected chi connectivity index (χ2v) is 18.1. The summed E-state index contributed by atoms with van der Waals surface area (Å²) in [5, 5.41) is 31.4. The van der Waals surface area contributed by atoms with Crippen LogP contribution in [0.2, 0.25) is 0 Å². The summed E-state index contributed by atoms with van der Waals surface area (Å²) in [6.07, 6.45) is 30.7. The van der Waals surface area contributed by atoms with Crippen LogP contribution < -0.4 is 21.3 Å². The molecule has 55 heavy (non-hydrogen) atoms. The first-order valence-corrected chi connectivity index (χ1v) is 23.2. The Bertz CT molecular complexity index is 1170. The molecule has 0 aromatic carbocycles. The van der Waals surface area contributed by atoms with Crippen LogP contribution in [0.4, 0.5) is 9.59 Å². The minimum absolute atomic E-state index is 0.0884. The molecule has 0 bridgehead atoms. The molecule has 0 saturated heterocycles. The average Bonchev–Trinajstić information content (AvgIpc) is 4.01. The fraction of sp³-hybridized carbons (Fsp3) is 0.952. The van der Waals surface area contributed by atoms with E-state index in [9.17, 15) is 9.59 Å². The van der Waals surface area contributed by atoms with Gasteiger partial charge < -0.3 is 30.7 Å². The third-order valence-electron chi connectivity index (χ3n) is 13.1. The zero-order valence-corrected chi connectivity index (χ0v) is 35.1. The lowest BCUT2D eigenvalue weighted by Gasteiger charge is -2.35. The van der Waals surface area contributed by atoms with Gasteiger partial charge in [-0.1, -0.05) is 71.1 Å². The Morgan fingerprint density at radius 2 is 1.16 bits per heavy atom. The number of hydrogen-bond acceptors (Lipinski definition) is 9. The second kappa shape index (κ2) is 24.1. The average molecular weight is 789 g/mol. The van der Waals surface area contributed by atoms with Crippen molar-refractivity contribution < 1.29 is 19.1 Å². The highest BCUT2D eigenvalue weighted by atomic mass is 32.1. The first-order valence-electron chi connectivity index (χ1n) is 22.7. The Hall–Kier alpha value is -1.99. The molecule has 0 aliphatic heterocycles. The van der Waals surface area contributed by atoms with E-state index in [1.54, 1.807) is 0 Å². The first kappa shape index (κ1) is 44.1. The van der Waals surface area contributed by atoms with Crippen molar-refractivity contribution in [3.05, 3.63) is 0 Å². The number of nitrogens with one attached hydrogen (secondary N) is 4. The number of unbranched alkanes of at least 4 members (excludes halogenated alkanes) is 7. The summed E-state index contributed by atoms with van der Waals surface area (Å²) in [6.45, 7) is 4.32. The number of urea groups is 2. The summed E-state index contributed by atoms with van der Waals surface area (Å²) in [6, 6.07) is 0.698. The Balaban J connectivity index is 0.808. The molecule has 13 heteroatoms. The summed E-state index contributed by atoms with van der Waals surface area (Å²) in [5.74, 6) is 1.10. The zero-order valence-electron chi connectivity index (χ0n) is 34.3. The van der Waals surface area contributed by atoms with E-state index in [0.29, 0.717) is 43.7 Å². The molecule has 4 N–H and O–H groups in total. The lowest BCUT2D eigenvalue weighted by atomic mass is 9.76. The smallest absolute Gasteiger partial charge is 0.316 e. The molecule has 0 heterocycles. The summed E-state index contributed by atoms with van der Waals surface area (Å²) in [7, 11) is 0. The number of thiol groups is 1. The first-order chi connectivity index (χ1) is 26.8. The molecule has 5 rings (SSSR count). The normalized spacial score (nSPS) is 26.3. The van der Waals surface area contributed by atoms with Crippen molar-refractivity contribution >= 4 is 24.7 Å². The van der Waals surface area contributed by atoms with Gasteiger partial charge in [0.25, 0.3) is 0 Å². The quantitative estimate of drug-likeness (QED) is 0.0303. The molecule has 0 radical (unpaired) electrons. The van der Waals surface area contributed by atoms with Gasteiger partial charge in [0, 0.05) is 12.6 Å². The van der Waals surface area contributed by atoms with Crippen LogP contribution in [0.15, 0.2) is 20.5 Å². The molecule has 0 aromatic heterocycles. The number of hydrogen-bond donors (Lipinski definition) is 5. The maximum Gasteiger partial charge on any atom is 0.316 e. The van der Waals surface area contributed by atoms with Crippen molar-refractivity contribution in [2.75, 3.05) is 19.8 Å². The summed E-state index contributed by atoms with van der Waals surface area (Å²) in [4.78, 5) is 25.6. The third kappa shape index (κ3) is 16.1. The van der Waals surface area contributed by atoms with Gasteiger partial charge in [-0.15, -0.1) is 12.6 Å². The van der Waals surface area contributed by atoms with Gasteiger partial charge in [0.05, 0.1) is 25.3 Å². The van der Waals surface area contributed by atoms with E-state index in [1.807, 2.05) is 0 Å². The predicted octanol–water partition coefficient (Wildman–Crippen LogP) is 10.5. The molecule has 4 amide bonds. The molecule has 5 aliphatic rings. The Labute approximate surface area is 337 Å². The van der Waals surface area contributed by atoms with E-state index in [4.69, 9.17) is 14.6 Å². The number of azo groups is 2. The number of ether oxygens (including phenoxy) is 2. The van der Waals surface area contributed by atoms with Gasteiger partial charge in [0.2, 0.25) is 5.62 Å². The minimum atomic E-state index is -0.512. The van der Waals surface area contributed by atoms with Gasteiger partial charge in [0.1, 0.15) is 0 Å². The third-order valence-corrected chi connectivity index (χ3v) is 13.4. The van der Waals surface area contributed by atoms with Crippen molar-refractivity contribution in [1.29, 1.82) is 0 Å². The standard InChI is InChI=1S/C42H76N8O4S/c1-33-32-37(44-39(52)46-42(27-14-15-28-42)50-48-36-20-10-11-21-36)23-22-34(33)24-31-54-40(55)53-30-17-7-5-3-2-4-6-16-29-43-38(51)45-41(25-12-13-26-41)49-47-35-18-8-9-19-35/h33-37,40,55H,2-32H2,1H3,(H2,43,45,51)(H2,44,46,52). The molecule has 5 aliphatic carbocycles. The highest BCUT2D eigenvalue weighted by Crippen LogP contribution is 2.35. The van der Waals surface area contributed by atoms with Crippen LogP contribution in [0.5, 0.6) is 0 Å². The van der Waals surface area contributed by atoms with Gasteiger partial charge >= 0.3 is 12.1 Å². The molecule has 0 spiro atoms. The Kier molecular flexibility index (Phi) is 19.3. The van der Waals surface area contributed by atoms with Crippen LogP contribution in [0, 0.1) is 11.8 Å². The number of carbonyl (C=O) groups is 2. The number of amides is 4. The van der Waals surface area contributed by atoms with Crippen LogP contribution in [0.1, 0.15) is 187 Å². The van der Waals surface area contributed by atoms with Gasteiger partial charge in [0.15, 0.2) is 11.3 Å². The van der Waals surface area contributed by atoms with Crippen LogP contribution in [-0.4, -0.2) is 66.9 Å². The maximum absolute atomic E-state index is 13.0. The highest BCUT2D eigenvalue weighted by Gasteiger charge is 2.38. The molecule has 4 atom stereocenters. The summed E-state index contributed by atoms with van der Waals surface area (Å²) in [5.41, 5.74) is -1.48. The van der Waals surface area contributed by atoms with Crippen LogP contribution in [-0.2, 0) is 9.47 Å². The zero-order chi connectivity index (χ0) is 38.6. The lowest BCUT2D eigenvalue weighted by molar-refractivity contribution is -0.0863. The number of nitrogens with zero attached hydrogens (tertiary/aromatic N) is 4. The van der Waals surface area contributed by atoms with Crippen molar-refractivity contribution in [2.24, 2.45) is 32.3 Å². The molecule has 5 fully saturated rings. The SMILES string of the molecule is CC1CC(NC(=O)NC2(N=NC3CCCC3)CCCC2)CCC1CCOC(S)OCCCCCCCCCCNC(=O)NC1(N=NC2CCCC2)CCCC1. The van der Waals surface area contributed by atoms with Gasteiger partial charge in [-0.05, 0) is 127 Å². The van der Waals surface area contributed by atoms with E-state index < -0.39 is 16.9 Å². The molecule has 314 valence electrons. The van der Waals surface area contributed by atoms with Crippen LogP contribution >= 0.6 is 12.6 Å². The second-order valence-electron chi connectivity index (χ2n) is 17.7. The molecular weight excluding hydrogens is 713 g/mol. The molecule has 12 nitrogen and oxygen atoms in total. The molecule has 4 unspecified atom stereocenters. The minimum Gasteiger partial charge on any atom is -0.344 e. The lowest BCUT2D eigenvalue weighted by Crippen LogP contribution is -2.52. The van der Waals surface area contributed by atoms with Crippen LogP contribution in [0.25, 0.3) is 0 Å². The fourth-order valence-electron chi connectivity index (χ4n) is 9.59. The van der Waals surface area contributed by atoms with Crippen molar-refractivity contribution in [3.63, 3.8) is 0 Å². The Morgan fingerprint density at radius 3 is 1.73 bits per heavy atom. The Morgan fingerprint density at radius 1 is 0.655 bits per heavy atom. The van der Waals surface area contributed by atoms with Crippen molar-refractivity contribution in [2.45, 2.75) is 222 Å². The van der Waals surface area contributed by atoms with E-state index in [-0.39, 0.29) is 18.1 Å². The largest absolute Gasteiger partial charge is 0.344 e. The summed E-state index contributed by atoms with van der Waals surface area (Å²) < 4.78 is 11.7. The maximum atomic E-state index is 13.0. The monoisotopic (exact) mass is 789 g/mol. The number of carbonyl (C=O) groups excluding carboxylic acids is 2. The summed E-state index contributed by atoms with van der Waals surface area (Å²) >= 11 is 4.52. The van der Waals surface area contributed by atoms with E-state index >= 15 is 0 Å². The predicted molar refractivity (Wildman–Crippen MR) is 221 cm³/mol. The van der Waals surface area contributed by atoms with E-state index in [2.05, 4.69) is 56.2 Å². The van der Waals surface area contributed by atoms with Gasteiger partial charge in [-0.2, -0.15) is 20.5 Å². The van der Waals surface area contributed by atoms with E-state index in [0.717, 1.165) is 128 Å². The highest BCUT2D eigenvalue weighted by molar-refractivity contribution is 7.80. The van der Waals surface area contributed by atoms with Gasteiger partial charge in [-0.3, -0.25) is 0 Å². The number of rotatable bonds is 23. The topological polar surface area (TPSA) is 150 Å². The fourth-order valence-corrected chi connectivity index (χ4v) is 9.80. The molecule has 0 aromatic rings. The van der Waals surface area contributed by atoms with Gasteiger partial charge in [-0.25, -0.2) is 9.59 Å². The van der Waals surface area contributed by atoms with Crippen molar-refractivity contribution in [1.82, 2.24) is 21.3 Å². The van der Waals surface area contributed by atoms with Crippen LogP contribution in [0.3, 0.4) is 0 Å². The van der Waals surface area contributed by atoms with E-state index in [1.165, 1.54) is 51.4 Å². The molecule has 5 saturated carbocycles. The van der Waals surface area contributed by atoms with Crippen molar-refractivity contribution in [3.8, 4) is 0 Å².